The first-order valence-electron chi connectivity index (χ1n) is 9.51. The zero-order chi connectivity index (χ0) is 19.4. The van der Waals surface area contributed by atoms with E-state index < -0.39 is 0 Å². The molecule has 0 aliphatic heterocycles. The quantitative estimate of drug-likeness (QED) is 0.621. The van der Waals surface area contributed by atoms with Gasteiger partial charge in [0.15, 0.2) is 22.5 Å². The Hall–Kier alpha value is -1.89. The minimum atomic E-state index is 0.434. The Bertz CT molecular complexity index is 745. The molecule has 1 fully saturated rings. The van der Waals surface area contributed by atoms with Crippen LogP contribution in [0.1, 0.15) is 52.0 Å². The Labute approximate surface area is 165 Å². The van der Waals surface area contributed by atoms with Crippen molar-refractivity contribution in [2.45, 2.75) is 62.4 Å². The SMILES string of the molecule is COc1cc(-c2nnc(SC(C)C)n2C2CCCCC2)cc(OC)c1OC. The van der Waals surface area contributed by atoms with Crippen molar-refractivity contribution >= 4 is 11.8 Å². The number of benzene rings is 1. The highest BCUT2D eigenvalue weighted by Gasteiger charge is 2.26. The highest BCUT2D eigenvalue weighted by atomic mass is 32.2. The van der Waals surface area contributed by atoms with E-state index in [0.29, 0.717) is 28.5 Å². The van der Waals surface area contributed by atoms with Gasteiger partial charge in [-0.25, -0.2) is 0 Å². The summed E-state index contributed by atoms with van der Waals surface area (Å²) in [4.78, 5) is 0. The van der Waals surface area contributed by atoms with Crippen LogP contribution < -0.4 is 14.2 Å². The maximum absolute atomic E-state index is 5.53. The van der Waals surface area contributed by atoms with E-state index in [2.05, 4.69) is 28.6 Å². The van der Waals surface area contributed by atoms with Gasteiger partial charge in [0.05, 0.1) is 21.3 Å². The van der Waals surface area contributed by atoms with Gasteiger partial charge in [-0.3, -0.25) is 4.57 Å². The minimum Gasteiger partial charge on any atom is -0.493 e. The van der Waals surface area contributed by atoms with Crippen LogP contribution in [0, 0.1) is 0 Å². The zero-order valence-electron chi connectivity index (χ0n) is 16.8. The summed E-state index contributed by atoms with van der Waals surface area (Å²) >= 11 is 1.76. The Morgan fingerprint density at radius 2 is 1.59 bits per heavy atom. The van der Waals surface area contributed by atoms with Gasteiger partial charge < -0.3 is 14.2 Å². The molecule has 0 spiro atoms. The fourth-order valence-electron chi connectivity index (χ4n) is 3.64. The van der Waals surface area contributed by atoms with Crippen molar-refractivity contribution < 1.29 is 14.2 Å². The number of aromatic nitrogens is 3. The smallest absolute Gasteiger partial charge is 0.203 e. The standard InChI is InChI=1S/C20H29N3O3S/c1-13(2)27-20-22-21-19(23(20)15-9-7-6-8-10-15)14-11-16(24-3)18(26-5)17(12-14)25-4/h11-13,15H,6-10H2,1-5H3. The second-order valence-corrected chi connectivity index (χ2v) is 8.59. The van der Waals surface area contributed by atoms with Crippen molar-refractivity contribution in [2.75, 3.05) is 21.3 Å². The van der Waals surface area contributed by atoms with Crippen molar-refractivity contribution in [2.24, 2.45) is 0 Å². The van der Waals surface area contributed by atoms with Crippen molar-refractivity contribution in [1.82, 2.24) is 14.8 Å². The van der Waals surface area contributed by atoms with Crippen molar-refractivity contribution in [3.8, 4) is 28.6 Å². The normalized spacial score (nSPS) is 15.2. The largest absolute Gasteiger partial charge is 0.493 e. The Balaban J connectivity index is 2.12. The van der Waals surface area contributed by atoms with Gasteiger partial charge in [-0.1, -0.05) is 44.9 Å². The predicted octanol–water partition coefficient (Wildman–Crippen LogP) is 4.98. The van der Waals surface area contributed by atoms with Crippen LogP contribution in [0.25, 0.3) is 11.4 Å². The first-order valence-corrected chi connectivity index (χ1v) is 10.4. The van der Waals surface area contributed by atoms with E-state index in [1.54, 1.807) is 33.1 Å². The lowest BCUT2D eigenvalue weighted by Crippen LogP contribution is -2.15. The third-order valence-electron chi connectivity index (χ3n) is 4.87. The van der Waals surface area contributed by atoms with E-state index >= 15 is 0 Å². The molecular weight excluding hydrogens is 362 g/mol. The lowest BCUT2D eigenvalue weighted by atomic mass is 9.95. The summed E-state index contributed by atoms with van der Waals surface area (Å²) in [7, 11) is 4.88. The van der Waals surface area contributed by atoms with Crippen LogP contribution >= 0.6 is 11.8 Å². The van der Waals surface area contributed by atoms with Gasteiger partial charge >= 0.3 is 0 Å². The van der Waals surface area contributed by atoms with Gasteiger partial charge in [0, 0.05) is 16.9 Å². The van der Waals surface area contributed by atoms with Gasteiger partial charge in [0.1, 0.15) is 0 Å². The lowest BCUT2D eigenvalue weighted by molar-refractivity contribution is 0.324. The average molecular weight is 392 g/mol. The van der Waals surface area contributed by atoms with Crippen LogP contribution in [0.3, 0.4) is 0 Å². The summed E-state index contributed by atoms with van der Waals surface area (Å²) in [6.45, 7) is 4.37. The third-order valence-corrected chi connectivity index (χ3v) is 5.83. The molecule has 1 aliphatic rings. The molecule has 27 heavy (non-hydrogen) atoms. The number of rotatable bonds is 7. The fraction of sp³-hybridized carbons (Fsp3) is 0.600. The first-order chi connectivity index (χ1) is 13.1. The molecule has 0 saturated heterocycles. The van der Waals surface area contributed by atoms with E-state index in [0.717, 1.165) is 16.5 Å². The van der Waals surface area contributed by atoms with Crippen LogP contribution in [0.5, 0.6) is 17.2 Å². The van der Waals surface area contributed by atoms with Gasteiger partial charge in [-0.05, 0) is 25.0 Å². The van der Waals surface area contributed by atoms with Crippen molar-refractivity contribution in [1.29, 1.82) is 0 Å². The van der Waals surface area contributed by atoms with E-state index in [1.807, 2.05) is 12.1 Å². The number of methoxy groups -OCH3 is 3. The average Bonchev–Trinajstić information content (AvgIpc) is 3.10. The number of hydrogen-bond donors (Lipinski definition) is 0. The fourth-order valence-corrected chi connectivity index (χ4v) is 4.50. The molecule has 7 heteroatoms. The van der Waals surface area contributed by atoms with Gasteiger partial charge in [-0.2, -0.15) is 0 Å². The van der Waals surface area contributed by atoms with Gasteiger partial charge in [-0.15, -0.1) is 10.2 Å². The Morgan fingerprint density at radius 3 is 2.11 bits per heavy atom. The number of thioether (sulfide) groups is 1. The third kappa shape index (κ3) is 4.18. The molecule has 0 radical (unpaired) electrons. The highest BCUT2D eigenvalue weighted by molar-refractivity contribution is 7.99. The molecule has 2 aromatic rings. The monoisotopic (exact) mass is 391 g/mol. The predicted molar refractivity (Wildman–Crippen MR) is 108 cm³/mol. The molecule has 1 heterocycles. The molecule has 1 aliphatic carbocycles. The summed E-state index contributed by atoms with van der Waals surface area (Å²) in [5.41, 5.74) is 0.929. The molecule has 148 valence electrons. The number of hydrogen-bond acceptors (Lipinski definition) is 6. The van der Waals surface area contributed by atoms with Crippen LogP contribution in [0.4, 0.5) is 0 Å². The molecule has 6 nitrogen and oxygen atoms in total. The van der Waals surface area contributed by atoms with Crippen LogP contribution in [0.2, 0.25) is 0 Å². The van der Waals surface area contributed by atoms with E-state index in [9.17, 15) is 0 Å². The summed E-state index contributed by atoms with van der Waals surface area (Å²) in [6.07, 6.45) is 6.15. The second kappa shape index (κ2) is 8.87. The van der Waals surface area contributed by atoms with Crippen molar-refractivity contribution in [3.63, 3.8) is 0 Å². The summed E-state index contributed by atoms with van der Waals surface area (Å²) in [5, 5.41) is 10.5. The van der Waals surface area contributed by atoms with E-state index in [1.165, 1.54) is 32.1 Å². The summed E-state index contributed by atoms with van der Waals surface area (Å²) in [6, 6.07) is 4.34. The van der Waals surface area contributed by atoms with E-state index in [-0.39, 0.29) is 0 Å². The summed E-state index contributed by atoms with van der Waals surface area (Å²) in [5.74, 6) is 2.71. The van der Waals surface area contributed by atoms with Crippen LogP contribution in [0.15, 0.2) is 17.3 Å². The highest BCUT2D eigenvalue weighted by Crippen LogP contribution is 2.43. The molecule has 1 aromatic carbocycles. The van der Waals surface area contributed by atoms with Crippen LogP contribution in [-0.4, -0.2) is 41.3 Å². The Kier molecular flexibility index (Phi) is 6.52. The molecule has 0 bridgehead atoms. The summed E-state index contributed by atoms with van der Waals surface area (Å²) < 4.78 is 18.8. The lowest BCUT2D eigenvalue weighted by Gasteiger charge is -2.26. The molecule has 0 unspecified atom stereocenters. The first kappa shape index (κ1) is 19.9. The molecular formula is C20H29N3O3S. The van der Waals surface area contributed by atoms with Crippen molar-refractivity contribution in [3.05, 3.63) is 12.1 Å². The molecule has 0 atom stereocenters. The molecule has 1 saturated carbocycles. The topological polar surface area (TPSA) is 58.4 Å². The second-order valence-electron chi connectivity index (χ2n) is 7.05. The number of ether oxygens (including phenoxy) is 3. The molecule has 0 amide bonds. The Morgan fingerprint density at radius 1 is 0.963 bits per heavy atom. The van der Waals surface area contributed by atoms with Crippen LogP contribution in [-0.2, 0) is 0 Å². The molecule has 1 aromatic heterocycles. The maximum Gasteiger partial charge on any atom is 0.203 e. The maximum atomic E-state index is 5.53. The molecule has 0 N–H and O–H groups in total. The van der Waals surface area contributed by atoms with E-state index in [4.69, 9.17) is 14.2 Å². The molecule has 3 rings (SSSR count). The van der Waals surface area contributed by atoms with Gasteiger partial charge in [0.25, 0.3) is 0 Å². The van der Waals surface area contributed by atoms with Gasteiger partial charge in [0.2, 0.25) is 5.75 Å². The minimum absolute atomic E-state index is 0.434. The zero-order valence-corrected chi connectivity index (χ0v) is 17.6. The number of nitrogens with zero attached hydrogens (tertiary/aromatic N) is 3.